The summed E-state index contributed by atoms with van der Waals surface area (Å²) in [5.41, 5.74) is 0. The average Bonchev–Trinajstić information content (AvgIpc) is 2.72. The van der Waals surface area contributed by atoms with Crippen molar-refractivity contribution in [2.75, 3.05) is 0 Å². The molecule has 0 bridgehead atoms. The predicted molar refractivity (Wildman–Crippen MR) is 274 cm³/mol. The van der Waals surface area contributed by atoms with Gasteiger partial charge in [0.2, 0.25) is 0 Å². The van der Waals surface area contributed by atoms with E-state index >= 15 is 0 Å². The average molecular weight is 1020 g/mol. The minimum atomic E-state index is -3.68. The maximum atomic E-state index is 7.50. The molecule has 0 aromatic carbocycles. The Balaban J connectivity index is 7.07. The molecule has 0 amide bonds. The normalized spacial score (nSPS) is 15.9. The second kappa shape index (κ2) is 20.1. The maximum Gasteiger partial charge on any atom is 0.636 e. The molecule has 56 heavy (non-hydrogen) atoms. The zero-order chi connectivity index (χ0) is 45.1. The van der Waals surface area contributed by atoms with E-state index in [1.807, 2.05) is 0 Å². The molecule has 0 saturated heterocycles. The molecule has 0 spiro atoms. The van der Waals surface area contributed by atoms with E-state index in [-0.39, 0.29) is 0 Å². The Bertz CT molecular complexity index is 1110. The standard InChI is InChI=1S/C33H94O10Si13/c1-44(2,3)34-54(35-45(4,5)6,36-46(7,8)9)31-29-30-52(25,26)42-56(40-50(19,20)21,41-51(22,23)24)43-53(27,28)32-33-55(37-47(10,11)12,38-48(13,14)15)39-49(16,17)18/h29-33H2,1-28H3. The molecule has 0 N–H and O–H groups in total. The van der Waals surface area contributed by atoms with Crippen molar-refractivity contribution in [2.45, 2.75) is 214 Å². The highest BCUT2D eigenvalue weighted by Crippen LogP contribution is 2.38. The molecule has 23 heteroatoms. The fraction of sp³-hybridized carbons (Fsp3) is 1.00. The topological polar surface area (TPSA) is 92.3 Å². The molecule has 10 nitrogen and oxygen atoms in total. The summed E-state index contributed by atoms with van der Waals surface area (Å²) in [5, 5.41) is 0. The van der Waals surface area contributed by atoms with Gasteiger partial charge in [0.05, 0.1) is 0 Å². The van der Waals surface area contributed by atoms with Gasteiger partial charge in [0.1, 0.15) is 0 Å². The molecule has 0 fully saturated rings. The Morgan fingerprint density at radius 3 is 0.661 bits per heavy atom. The lowest BCUT2D eigenvalue weighted by Crippen LogP contribution is -2.66. The summed E-state index contributed by atoms with van der Waals surface area (Å²) in [4.78, 5) is 0. The monoisotopic (exact) mass is 1010 g/mol. The molecular formula is C33H94O10Si13. The molecule has 0 aliphatic rings. The number of rotatable bonds is 27. The zero-order valence-electron chi connectivity index (χ0n) is 42.1. The van der Waals surface area contributed by atoms with Gasteiger partial charge in [-0.1, -0.05) is 0 Å². The fourth-order valence-corrected chi connectivity index (χ4v) is 55.3. The largest absolute Gasteiger partial charge is 0.636 e. The first-order chi connectivity index (χ1) is 24.0. The Labute approximate surface area is 362 Å². The fourth-order valence-electron chi connectivity index (χ4n) is 6.07. The van der Waals surface area contributed by atoms with Gasteiger partial charge in [-0.25, -0.2) is 0 Å². The van der Waals surface area contributed by atoms with Crippen LogP contribution in [0, 0.1) is 0 Å². The third kappa shape index (κ3) is 28.9. The molecule has 0 aliphatic heterocycles. The van der Waals surface area contributed by atoms with Crippen LogP contribution >= 0.6 is 0 Å². The smallest absolute Gasteiger partial charge is 0.417 e. The van der Waals surface area contributed by atoms with Crippen LogP contribution in [0.25, 0.3) is 0 Å². The van der Waals surface area contributed by atoms with Crippen LogP contribution in [0.15, 0.2) is 0 Å². The molecule has 0 radical (unpaired) electrons. The van der Waals surface area contributed by atoms with E-state index in [1.165, 1.54) is 0 Å². The van der Waals surface area contributed by atoms with E-state index in [0.717, 1.165) is 24.6 Å². The molecule has 0 atom stereocenters. The number of hydrogen-bond donors (Lipinski definition) is 0. The first-order valence-corrected chi connectivity index (χ1v) is 60.0. The third-order valence-corrected chi connectivity index (χ3v) is 47.6. The highest BCUT2D eigenvalue weighted by Gasteiger charge is 2.59. The summed E-state index contributed by atoms with van der Waals surface area (Å²) in [6, 6.07) is 3.18. The van der Waals surface area contributed by atoms with Crippen molar-refractivity contribution in [1.82, 2.24) is 0 Å². The zero-order valence-corrected chi connectivity index (χ0v) is 55.1. The second-order valence-electron chi connectivity index (χ2n) is 24.7. The van der Waals surface area contributed by atoms with Gasteiger partial charge in [0.25, 0.3) is 0 Å². The van der Waals surface area contributed by atoms with Gasteiger partial charge in [-0.2, -0.15) is 0 Å². The summed E-state index contributed by atoms with van der Waals surface area (Å²) in [6.07, 6.45) is 0.889. The van der Waals surface area contributed by atoms with E-state index < -0.39 is 110 Å². The summed E-state index contributed by atoms with van der Waals surface area (Å²) in [7, 11) is -31.3. The van der Waals surface area contributed by atoms with Crippen LogP contribution in [0.4, 0.5) is 0 Å². The van der Waals surface area contributed by atoms with E-state index in [2.05, 4.69) is 183 Å². The minimum absolute atomic E-state index is 0.716. The molecular weight excluding hydrogens is 921 g/mol. The van der Waals surface area contributed by atoms with Crippen molar-refractivity contribution in [3.05, 3.63) is 0 Å². The van der Waals surface area contributed by atoms with Crippen molar-refractivity contribution in [1.29, 1.82) is 0 Å². The molecule has 0 aromatic rings. The predicted octanol–water partition coefficient (Wildman–Crippen LogP) is 12.9. The highest BCUT2D eigenvalue weighted by molar-refractivity contribution is 6.94. The molecule has 0 aliphatic carbocycles. The molecule has 0 rings (SSSR count). The van der Waals surface area contributed by atoms with Crippen LogP contribution < -0.4 is 0 Å². The Hall–Kier alpha value is 2.42. The van der Waals surface area contributed by atoms with Crippen molar-refractivity contribution < 1.29 is 41.2 Å². The quantitative estimate of drug-likeness (QED) is 0.0741. The van der Waals surface area contributed by atoms with Gasteiger partial charge >= 0.3 is 26.7 Å². The maximum absolute atomic E-state index is 7.50. The summed E-state index contributed by atoms with van der Waals surface area (Å²) in [6.45, 7) is 63.0. The van der Waals surface area contributed by atoms with Gasteiger partial charge in [-0.15, -0.1) is 0 Å². The third-order valence-electron chi connectivity index (χ3n) is 6.73. The number of hydrogen-bond acceptors (Lipinski definition) is 10. The van der Waals surface area contributed by atoms with Crippen LogP contribution in [0.3, 0.4) is 0 Å². The molecule has 0 heterocycles. The lowest BCUT2D eigenvalue weighted by atomic mass is 10.6. The molecule has 0 aromatic heterocycles. The lowest BCUT2D eigenvalue weighted by molar-refractivity contribution is 0.147. The van der Waals surface area contributed by atoms with Gasteiger partial charge in [-0.3, -0.25) is 0 Å². The second-order valence-corrected chi connectivity index (χ2v) is 79.4. The van der Waals surface area contributed by atoms with Crippen molar-refractivity contribution in [3.8, 4) is 0 Å². The van der Waals surface area contributed by atoms with Gasteiger partial charge in [0.15, 0.2) is 83.2 Å². The summed E-state index contributed by atoms with van der Waals surface area (Å²) >= 11 is 0. The van der Waals surface area contributed by atoms with Gasteiger partial charge < -0.3 is 41.2 Å². The van der Waals surface area contributed by atoms with E-state index in [1.54, 1.807) is 0 Å². The van der Waals surface area contributed by atoms with E-state index in [9.17, 15) is 0 Å². The first-order valence-electron chi connectivity index (χ1n) is 21.0. The SMILES string of the molecule is C[Si](C)(C)O[Si](CCC[Si](C)(C)O[Si](O[Si](C)(C)C)(O[Si](C)(C)C)O[Si](C)(C)CC[Si](O[Si](C)(C)C)(O[Si](C)(C)C)O[Si](C)(C)C)(O[Si](C)(C)C)O[Si](C)(C)C. The van der Waals surface area contributed by atoms with Crippen LogP contribution in [0.1, 0.15) is 6.42 Å². The van der Waals surface area contributed by atoms with Crippen LogP contribution in [-0.4, -0.2) is 110 Å². The Morgan fingerprint density at radius 1 is 0.214 bits per heavy atom. The first kappa shape index (κ1) is 58.4. The van der Waals surface area contributed by atoms with Crippen LogP contribution in [0.2, 0.25) is 207 Å². The van der Waals surface area contributed by atoms with Crippen LogP contribution in [-0.2, 0) is 41.2 Å². The molecule has 0 saturated carbocycles. The summed E-state index contributed by atoms with van der Waals surface area (Å²) < 4.78 is 71.8. The van der Waals surface area contributed by atoms with Gasteiger partial charge in [-0.05, 0) is 202 Å². The highest BCUT2D eigenvalue weighted by atomic mass is 28.5. The van der Waals surface area contributed by atoms with Crippen molar-refractivity contribution >= 4 is 110 Å². The van der Waals surface area contributed by atoms with Crippen molar-refractivity contribution in [2.24, 2.45) is 0 Å². The molecule has 338 valence electrons. The molecule has 0 unspecified atom stereocenters. The van der Waals surface area contributed by atoms with Crippen molar-refractivity contribution in [3.63, 3.8) is 0 Å². The Morgan fingerprint density at radius 2 is 0.429 bits per heavy atom. The van der Waals surface area contributed by atoms with E-state index in [4.69, 9.17) is 41.2 Å². The van der Waals surface area contributed by atoms with E-state index in [0.29, 0.717) is 6.04 Å². The lowest BCUT2D eigenvalue weighted by Gasteiger charge is -2.46. The van der Waals surface area contributed by atoms with Gasteiger partial charge in [0, 0.05) is 12.1 Å². The van der Waals surface area contributed by atoms with Crippen LogP contribution in [0.5, 0.6) is 0 Å². The summed E-state index contributed by atoms with van der Waals surface area (Å²) in [5.74, 6) is 0. The minimum Gasteiger partial charge on any atom is -0.417 e. The Kier molecular flexibility index (Phi) is 20.9.